The van der Waals surface area contributed by atoms with E-state index >= 15 is 0 Å². The number of para-hydroxylation sites is 1. The number of hydrogen-bond donors (Lipinski definition) is 2. The van der Waals surface area contributed by atoms with E-state index in [4.69, 9.17) is 21.1 Å². The van der Waals surface area contributed by atoms with Crippen molar-refractivity contribution in [2.75, 3.05) is 13.2 Å². The fourth-order valence-corrected chi connectivity index (χ4v) is 1.99. The molecule has 0 spiro atoms. The number of carbonyl (C=O) groups is 1. The molecule has 6 nitrogen and oxygen atoms in total. The third kappa shape index (κ3) is 5.17. The number of aromatic hydroxyl groups is 1. The zero-order valence-corrected chi connectivity index (χ0v) is 13.8. The van der Waals surface area contributed by atoms with Crippen LogP contribution >= 0.6 is 11.6 Å². The van der Waals surface area contributed by atoms with Crippen molar-refractivity contribution in [2.24, 2.45) is 5.10 Å². The van der Waals surface area contributed by atoms with Gasteiger partial charge in [0.1, 0.15) is 17.2 Å². The molecule has 0 aliphatic rings. The fourth-order valence-electron chi connectivity index (χ4n) is 1.80. The maximum Gasteiger partial charge on any atom is 0.277 e. The van der Waals surface area contributed by atoms with Gasteiger partial charge in [0.25, 0.3) is 5.91 Å². The molecule has 0 atom stereocenters. The molecule has 0 saturated heterocycles. The van der Waals surface area contributed by atoms with Crippen molar-refractivity contribution in [1.82, 2.24) is 5.43 Å². The Labute approximate surface area is 144 Å². The molecule has 0 unspecified atom stereocenters. The molecule has 24 heavy (non-hydrogen) atoms. The van der Waals surface area contributed by atoms with E-state index < -0.39 is 5.91 Å². The number of nitrogens with zero attached hydrogens (tertiary/aromatic N) is 1. The van der Waals surface area contributed by atoms with Gasteiger partial charge in [-0.15, -0.1) is 0 Å². The fraction of sp³-hybridized carbons (Fsp3) is 0.176. The Balaban J connectivity index is 1.85. The Morgan fingerprint density at radius 3 is 2.79 bits per heavy atom. The van der Waals surface area contributed by atoms with Gasteiger partial charge in [-0.3, -0.25) is 4.79 Å². The topological polar surface area (TPSA) is 80.2 Å². The van der Waals surface area contributed by atoms with Crippen LogP contribution in [0.25, 0.3) is 0 Å². The lowest BCUT2D eigenvalue weighted by molar-refractivity contribution is -0.123. The number of carbonyl (C=O) groups excluding carboxylic acids is 1. The lowest BCUT2D eigenvalue weighted by atomic mass is 10.2. The first-order valence-electron chi connectivity index (χ1n) is 7.25. The third-order valence-corrected chi connectivity index (χ3v) is 3.21. The second kappa shape index (κ2) is 8.79. The Kier molecular flexibility index (Phi) is 6.45. The van der Waals surface area contributed by atoms with Crippen LogP contribution in [0, 0.1) is 0 Å². The summed E-state index contributed by atoms with van der Waals surface area (Å²) in [6.07, 6.45) is 1.33. The predicted molar refractivity (Wildman–Crippen MR) is 92.0 cm³/mol. The van der Waals surface area contributed by atoms with Gasteiger partial charge in [-0.25, -0.2) is 5.43 Å². The normalized spacial score (nSPS) is 10.6. The summed E-state index contributed by atoms with van der Waals surface area (Å²) in [7, 11) is 0. The van der Waals surface area contributed by atoms with Crippen molar-refractivity contribution in [3.63, 3.8) is 0 Å². The molecule has 1 amide bonds. The van der Waals surface area contributed by atoms with Gasteiger partial charge in [-0.05, 0) is 31.2 Å². The molecule has 0 heterocycles. The lowest BCUT2D eigenvalue weighted by Gasteiger charge is -2.06. The summed E-state index contributed by atoms with van der Waals surface area (Å²) < 4.78 is 10.6. The van der Waals surface area contributed by atoms with E-state index in [1.54, 1.807) is 36.4 Å². The number of rotatable bonds is 7. The first kappa shape index (κ1) is 17.6. The molecular formula is C17H17ClN2O4. The minimum absolute atomic E-state index is 0.00580. The molecule has 0 saturated carbocycles. The van der Waals surface area contributed by atoms with Crippen LogP contribution in [0.5, 0.6) is 17.2 Å². The molecule has 126 valence electrons. The van der Waals surface area contributed by atoms with Crippen molar-refractivity contribution in [3.05, 3.63) is 53.1 Å². The minimum Gasteiger partial charge on any atom is -0.507 e. The molecule has 2 aromatic rings. The molecule has 2 rings (SSSR count). The standard InChI is InChI=1S/C17H17ClN2O4/c1-2-23-13-8-7-12(15(21)9-13)10-19-20-17(22)11-24-16-6-4-3-5-14(16)18/h3-10,21H,2,11H2,1H3,(H,20,22). The van der Waals surface area contributed by atoms with Crippen LogP contribution in [0.3, 0.4) is 0 Å². The van der Waals surface area contributed by atoms with E-state index in [1.165, 1.54) is 12.3 Å². The van der Waals surface area contributed by atoms with Gasteiger partial charge in [0, 0.05) is 11.6 Å². The van der Waals surface area contributed by atoms with Gasteiger partial charge < -0.3 is 14.6 Å². The lowest BCUT2D eigenvalue weighted by Crippen LogP contribution is -2.24. The monoisotopic (exact) mass is 348 g/mol. The summed E-state index contributed by atoms with van der Waals surface area (Å²) >= 11 is 5.92. The van der Waals surface area contributed by atoms with Crippen molar-refractivity contribution in [3.8, 4) is 17.2 Å². The highest BCUT2D eigenvalue weighted by molar-refractivity contribution is 6.32. The molecule has 7 heteroatoms. The Morgan fingerprint density at radius 1 is 1.29 bits per heavy atom. The first-order chi connectivity index (χ1) is 11.6. The predicted octanol–water partition coefficient (Wildman–Crippen LogP) is 2.97. The summed E-state index contributed by atoms with van der Waals surface area (Å²) in [5.74, 6) is 0.537. The number of nitrogens with one attached hydrogen (secondary N) is 1. The number of amides is 1. The third-order valence-electron chi connectivity index (χ3n) is 2.90. The van der Waals surface area contributed by atoms with E-state index in [0.717, 1.165) is 0 Å². The molecule has 2 N–H and O–H groups in total. The second-order valence-electron chi connectivity index (χ2n) is 4.67. The van der Waals surface area contributed by atoms with Gasteiger partial charge in [-0.2, -0.15) is 5.10 Å². The van der Waals surface area contributed by atoms with E-state index in [9.17, 15) is 9.90 Å². The van der Waals surface area contributed by atoms with Crippen LogP contribution in [0.1, 0.15) is 12.5 Å². The Morgan fingerprint density at radius 2 is 2.08 bits per heavy atom. The van der Waals surface area contributed by atoms with E-state index in [1.807, 2.05) is 6.92 Å². The van der Waals surface area contributed by atoms with Crippen LogP contribution in [0.15, 0.2) is 47.6 Å². The molecule has 0 bridgehead atoms. The number of benzene rings is 2. The maximum absolute atomic E-state index is 11.7. The smallest absolute Gasteiger partial charge is 0.277 e. The highest BCUT2D eigenvalue weighted by Gasteiger charge is 2.05. The number of phenolic OH excluding ortho intramolecular Hbond substituents is 1. The largest absolute Gasteiger partial charge is 0.507 e. The molecule has 0 aliphatic heterocycles. The number of phenols is 1. The molecule has 0 aromatic heterocycles. The molecule has 0 aliphatic carbocycles. The first-order valence-corrected chi connectivity index (χ1v) is 7.63. The van der Waals surface area contributed by atoms with Gasteiger partial charge in [-0.1, -0.05) is 23.7 Å². The van der Waals surface area contributed by atoms with Crippen molar-refractivity contribution in [2.45, 2.75) is 6.92 Å². The minimum atomic E-state index is -0.448. The van der Waals surface area contributed by atoms with Crippen LogP contribution in [0.2, 0.25) is 5.02 Å². The summed E-state index contributed by atoms with van der Waals surface area (Å²) in [4.78, 5) is 11.7. The quantitative estimate of drug-likeness (QED) is 0.595. The molecular weight excluding hydrogens is 332 g/mol. The highest BCUT2D eigenvalue weighted by atomic mass is 35.5. The SMILES string of the molecule is CCOc1ccc(C=NNC(=O)COc2ccccc2Cl)c(O)c1. The highest BCUT2D eigenvalue weighted by Crippen LogP contribution is 2.23. The van der Waals surface area contributed by atoms with Crippen molar-refractivity contribution >= 4 is 23.7 Å². The Hall–Kier alpha value is -2.73. The van der Waals surface area contributed by atoms with Crippen LogP contribution in [-0.2, 0) is 4.79 Å². The summed E-state index contributed by atoms with van der Waals surface area (Å²) in [6, 6.07) is 11.7. The number of ether oxygens (including phenoxy) is 2. The van der Waals surface area contributed by atoms with Gasteiger partial charge in [0.2, 0.25) is 0 Å². The summed E-state index contributed by atoms with van der Waals surface area (Å²) in [6.45, 7) is 2.14. The Bertz CT molecular complexity index is 734. The molecule has 0 radical (unpaired) electrons. The maximum atomic E-state index is 11.7. The van der Waals surface area contributed by atoms with Crippen LogP contribution in [0.4, 0.5) is 0 Å². The van der Waals surface area contributed by atoms with E-state index in [-0.39, 0.29) is 12.4 Å². The number of halogens is 1. The van der Waals surface area contributed by atoms with Crippen LogP contribution in [-0.4, -0.2) is 30.4 Å². The molecule has 2 aromatic carbocycles. The van der Waals surface area contributed by atoms with Crippen molar-refractivity contribution in [1.29, 1.82) is 0 Å². The van der Waals surface area contributed by atoms with Crippen molar-refractivity contribution < 1.29 is 19.4 Å². The summed E-state index contributed by atoms with van der Waals surface area (Å²) in [5, 5.41) is 14.0. The second-order valence-corrected chi connectivity index (χ2v) is 5.07. The summed E-state index contributed by atoms with van der Waals surface area (Å²) in [5.41, 5.74) is 2.76. The number of hydrazone groups is 1. The number of hydrogen-bond acceptors (Lipinski definition) is 5. The average molecular weight is 349 g/mol. The van der Waals surface area contributed by atoms with Gasteiger partial charge >= 0.3 is 0 Å². The zero-order valence-electron chi connectivity index (χ0n) is 13.0. The van der Waals surface area contributed by atoms with E-state index in [0.29, 0.717) is 28.7 Å². The van der Waals surface area contributed by atoms with Gasteiger partial charge in [0.05, 0.1) is 17.8 Å². The van der Waals surface area contributed by atoms with E-state index in [2.05, 4.69) is 10.5 Å². The zero-order chi connectivity index (χ0) is 17.4. The molecule has 0 fully saturated rings. The van der Waals surface area contributed by atoms with Crippen LogP contribution < -0.4 is 14.9 Å². The average Bonchev–Trinajstić information content (AvgIpc) is 2.56. The van der Waals surface area contributed by atoms with Gasteiger partial charge in [0.15, 0.2) is 6.61 Å².